The molecule has 0 unspecified atom stereocenters. The molecule has 1 N–H and O–H groups in total. The maximum absolute atomic E-state index is 10.3. The van der Waals surface area contributed by atoms with Crippen LogP contribution in [0, 0.1) is 0 Å². The molecule has 0 saturated heterocycles. The van der Waals surface area contributed by atoms with Crippen LogP contribution >= 0.6 is 36.2 Å². The first-order valence-electron chi connectivity index (χ1n) is 4.07. The van der Waals surface area contributed by atoms with Crippen LogP contribution in [0.3, 0.4) is 0 Å². The molecule has 0 spiro atoms. The van der Waals surface area contributed by atoms with Gasteiger partial charge in [0.15, 0.2) is 0 Å². The normalized spacial score (nSPS) is 9.60. The van der Waals surface area contributed by atoms with Crippen molar-refractivity contribution in [2.24, 2.45) is 0 Å². The van der Waals surface area contributed by atoms with Gasteiger partial charge in [0.2, 0.25) is 0 Å². The molecule has 0 aromatic heterocycles. The number of thioether (sulfide) groups is 1. The van der Waals surface area contributed by atoms with Gasteiger partial charge in [-0.3, -0.25) is 4.79 Å². The molecule has 0 aliphatic rings. The van der Waals surface area contributed by atoms with Crippen molar-refractivity contribution < 1.29 is 9.90 Å². The molecule has 2 nitrogen and oxygen atoms in total. The first kappa shape index (κ1) is 12.3. The lowest BCUT2D eigenvalue weighted by Gasteiger charge is -2.01. The van der Waals surface area contributed by atoms with Gasteiger partial charge in [-0.1, -0.05) is 48.7 Å². The fraction of sp³-hybridized carbons (Fsp3) is 0.100. The Labute approximate surface area is 103 Å². The van der Waals surface area contributed by atoms with Crippen molar-refractivity contribution in [3.63, 3.8) is 0 Å². The number of thiocarbonyl (C=S) groups is 2. The van der Waals surface area contributed by atoms with Gasteiger partial charge in [0.25, 0.3) is 0 Å². The summed E-state index contributed by atoms with van der Waals surface area (Å²) in [5, 5.41) is 10.1. The molecule has 1 rings (SSSR count). The van der Waals surface area contributed by atoms with E-state index in [1.165, 1.54) is 0 Å². The molecular formula is C10H8O2S3. The van der Waals surface area contributed by atoms with Gasteiger partial charge in [0.1, 0.15) is 0 Å². The van der Waals surface area contributed by atoms with E-state index in [1.807, 2.05) is 24.3 Å². The Balaban J connectivity index is 2.66. The van der Waals surface area contributed by atoms with Gasteiger partial charge in [0, 0.05) is 5.37 Å². The average Bonchev–Trinajstić information content (AvgIpc) is 2.26. The molecule has 0 aliphatic heterocycles. The summed E-state index contributed by atoms with van der Waals surface area (Å²) in [5.74, 6) is -0.869. The van der Waals surface area contributed by atoms with Gasteiger partial charge < -0.3 is 5.11 Å². The quantitative estimate of drug-likeness (QED) is 0.838. The maximum Gasteiger partial charge on any atom is 0.313 e. The van der Waals surface area contributed by atoms with Gasteiger partial charge in [0.05, 0.1) is 9.95 Å². The maximum atomic E-state index is 10.3. The molecule has 78 valence electrons. The lowest BCUT2D eigenvalue weighted by atomic mass is 10.2. The smallest absolute Gasteiger partial charge is 0.313 e. The Morgan fingerprint density at radius 1 is 1.40 bits per heavy atom. The predicted octanol–water partition coefficient (Wildman–Crippen LogP) is 2.53. The van der Waals surface area contributed by atoms with Crippen LogP contribution in [0.15, 0.2) is 24.3 Å². The lowest BCUT2D eigenvalue weighted by Crippen LogP contribution is -2.02. The Bertz CT molecular complexity index is 384. The monoisotopic (exact) mass is 256 g/mol. The van der Waals surface area contributed by atoms with Crippen molar-refractivity contribution in [2.75, 3.05) is 5.75 Å². The standard InChI is InChI=1S/C10H8O2S3/c11-9(12)6-15-10(14)8-3-1-7(5-13)2-4-8/h1-5H,6H2,(H,11,12). The van der Waals surface area contributed by atoms with E-state index in [-0.39, 0.29) is 5.75 Å². The highest BCUT2D eigenvalue weighted by atomic mass is 32.2. The van der Waals surface area contributed by atoms with E-state index in [0.717, 1.165) is 22.9 Å². The summed E-state index contributed by atoms with van der Waals surface area (Å²) < 4.78 is 0.591. The highest BCUT2D eigenvalue weighted by Gasteiger charge is 2.04. The predicted molar refractivity (Wildman–Crippen MR) is 71.0 cm³/mol. The SMILES string of the molecule is O=C(O)CSC(=S)c1ccc(C=S)cc1. The lowest BCUT2D eigenvalue weighted by molar-refractivity contribution is -0.133. The summed E-state index contributed by atoms with van der Waals surface area (Å²) >= 11 is 11.0. The Kier molecular flexibility index (Phi) is 4.87. The molecule has 5 heteroatoms. The number of rotatable bonds is 4. The van der Waals surface area contributed by atoms with Crippen LogP contribution in [-0.4, -0.2) is 26.4 Å². The summed E-state index contributed by atoms with van der Waals surface area (Å²) in [7, 11) is 0. The van der Waals surface area contributed by atoms with Crippen LogP contribution in [0.4, 0.5) is 0 Å². The summed E-state index contributed by atoms with van der Waals surface area (Å²) in [4.78, 5) is 10.3. The second kappa shape index (κ2) is 5.95. The molecule has 0 heterocycles. The van der Waals surface area contributed by atoms with E-state index in [0.29, 0.717) is 4.20 Å². The van der Waals surface area contributed by atoms with E-state index < -0.39 is 5.97 Å². The van der Waals surface area contributed by atoms with Gasteiger partial charge in [-0.2, -0.15) is 0 Å². The van der Waals surface area contributed by atoms with Gasteiger partial charge in [-0.05, 0) is 11.1 Å². The minimum atomic E-state index is -0.863. The van der Waals surface area contributed by atoms with Crippen molar-refractivity contribution in [2.45, 2.75) is 0 Å². The number of hydrogen-bond acceptors (Lipinski definition) is 4. The summed E-state index contributed by atoms with van der Waals surface area (Å²) in [5.41, 5.74) is 1.80. The first-order chi connectivity index (χ1) is 7.13. The van der Waals surface area contributed by atoms with Crippen LogP contribution in [0.1, 0.15) is 11.1 Å². The third kappa shape index (κ3) is 4.07. The molecule has 0 radical (unpaired) electrons. The van der Waals surface area contributed by atoms with E-state index in [1.54, 1.807) is 5.37 Å². The molecule has 0 atom stereocenters. The number of carboxylic acid groups (broad SMARTS) is 1. The van der Waals surface area contributed by atoms with Crippen LogP contribution in [0.2, 0.25) is 0 Å². The highest BCUT2D eigenvalue weighted by molar-refractivity contribution is 8.24. The minimum absolute atomic E-state index is 0.00620. The molecule has 0 amide bonds. The van der Waals surface area contributed by atoms with Crippen molar-refractivity contribution in [1.82, 2.24) is 0 Å². The van der Waals surface area contributed by atoms with Crippen molar-refractivity contribution >= 4 is 51.7 Å². The number of hydrogen-bond donors (Lipinski definition) is 1. The fourth-order valence-corrected chi connectivity index (χ4v) is 1.94. The number of carboxylic acids is 1. The largest absolute Gasteiger partial charge is 0.481 e. The average molecular weight is 256 g/mol. The zero-order valence-electron chi connectivity index (χ0n) is 7.67. The second-order valence-corrected chi connectivity index (χ2v) is 4.60. The second-order valence-electron chi connectivity index (χ2n) is 2.71. The Morgan fingerprint density at radius 2 is 2.00 bits per heavy atom. The summed E-state index contributed by atoms with van der Waals surface area (Å²) in [6.45, 7) is 0. The van der Waals surface area contributed by atoms with Crippen molar-refractivity contribution in [1.29, 1.82) is 0 Å². The molecule has 0 aliphatic carbocycles. The van der Waals surface area contributed by atoms with Gasteiger partial charge in [-0.15, -0.1) is 11.8 Å². The Morgan fingerprint density at radius 3 is 2.47 bits per heavy atom. The molecule has 1 aromatic carbocycles. The van der Waals surface area contributed by atoms with E-state index in [2.05, 4.69) is 0 Å². The molecule has 0 bridgehead atoms. The zero-order valence-corrected chi connectivity index (χ0v) is 10.1. The van der Waals surface area contributed by atoms with Crippen LogP contribution in [0.25, 0.3) is 0 Å². The number of aliphatic carboxylic acids is 1. The minimum Gasteiger partial charge on any atom is -0.481 e. The van der Waals surface area contributed by atoms with Crippen LogP contribution < -0.4 is 0 Å². The molecule has 1 aromatic rings. The molecule has 15 heavy (non-hydrogen) atoms. The van der Waals surface area contributed by atoms with E-state index in [9.17, 15) is 4.79 Å². The van der Waals surface area contributed by atoms with Gasteiger partial charge in [-0.25, -0.2) is 0 Å². The van der Waals surface area contributed by atoms with E-state index >= 15 is 0 Å². The zero-order chi connectivity index (χ0) is 11.3. The van der Waals surface area contributed by atoms with Crippen LogP contribution in [0.5, 0.6) is 0 Å². The topological polar surface area (TPSA) is 37.3 Å². The summed E-state index contributed by atoms with van der Waals surface area (Å²) in [6.07, 6.45) is 0. The summed E-state index contributed by atoms with van der Waals surface area (Å²) in [6, 6.07) is 7.40. The first-order valence-corrected chi connectivity index (χ1v) is 5.94. The van der Waals surface area contributed by atoms with Crippen molar-refractivity contribution in [3.8, 4) is 0 Å². The Hall–Kier alpha value is -0.780. The number of carbonyl (C=O) groups is 1. The molecular weight excluding hydrogens is 248 g/mol. The van der Waals surface area contributed by atoms with Gasteiger partial charge >= 0.3 is 5.97 Å². The van der Waals surface area contributed by atoms with Crippen LogP contribution in [-0.2, 0) is 4.79 Å². The molecule has 0 fully saturated rings. The third-order valence-corrected chi connectivity index (χ3v) is 3.36. The number of benzene rings is 1. The molecule has 0 saturated carbocycles. The van der Waals surface area contributed by atoms with E-state index in [4.69, 9.17) is 29.5 Å². The van der Waals surface area contributed by atoms with Crippen molar-refractivity contribution in [3.05, 3.63) is 35.4 Å². The third-order valence-electron chi connectivity index (χ3n) is 1.61. The highest BCUT2D eigenvalue weighted by Crippen LogP contribution is 2.14. The fourth-order valence-electron chi connectivity index (χ4n) is 0.908.